The van der Waals surface area contributed by atoms with E-state index in [0.29, 0.717) is 0 Å². The van der Waals surface area contributed by atoms with Gasteiger partial charge in [-0.15, -0.1) is 0 Å². The van der Waals surface area contributed by atoms with E-state index in [-0.39, 0.29) is 30.2 Å². The molecule has 0 radical (unpaired) electrons. The molecule has 0 aromatic rings. The summed E-state index contributed by atoms with van der Waals surface area (Å²) in [4.78, 5) is 26.3. The number of amides is 1. The molecule has 3 rings (SSSR count). The zero-order chi connectivity index (χ0) is 14.4. The van der Waals surface area contributed by atoms with E-state index in [9.17, 15) is 14.7 Å². The normalized spacial score (nSPS) is 43.8. The minimum Gasteiger partial charge on any atom is -0.481 e. The second-order valence-corrected chi connectivity index (χ2v) is 6.55. The number of nitrogens with zero attached hydrogens (tertiary/aromatic N) is 1. The number of aliphatic carboxylic acids is 1. The molecular weight excluding hydrogens is 258 g/mol. The van der Waals surface area contributed by atoms with Crippen LogP contribution >= 0.6 is 0 Å². The Hall–Kier alpha value is -1.10. The van der Waals surface area contributed by atoms with Crippen molar-refractivity contribution in [1.82, 2.24) is 4.90 Å². The van der Waals surface area contributed by atoms with Crippen LogP contribution in [0.25, 0.3) is 0 Å². The number of ether oxygens (including phenoxy) is 1. The maximum atomic E-state index is 12.9. The van der Waals surface area contributed by atoms with Crippen LogP contribution in [0.4, 0.5) is 0 Å². The van der Waals surface area contributed by atoms with E-state index in [1.165, 1.54) is 0 Å². The van der Waals surface area contributed by atoms with E-state index in [2.05, 4.69) is 13.8 Å². The molecule has 5 heteroatoms. The van der Waals surface area contributed by atoms with Gasteiger partial charge in [0.25, 0.3) is 0 Å². The first-order valence-corrected chi connectivity index (χ1v) is 7.71. The third kappa shape index (κ3) is 2.03. The number of hydrogen-bond acceptors (Lipinski definition) is 3. The summed E-state index contributed by atoms with van der Waals surface area (Å²) in [6, 6.07) is 0.416. The van der Waals surface area contributed by atoms with E-state index in [4.69, 9.17) is 4.74 Å². The van der Waals surface area contributed by atoms with Gasteiger partial charge in [0.1, 0.15) is 0 Å². The predicted octanol–water partition coefficient (Wildman–Crippen LogP) is 1.65. The second-order valence-electron chi connectivity index (χ2n) is 6.55. The van der Waals surface area contributed by atoms with Crippen molar-refractivity contribution >= 4 is 11.9 Å². The number of carboxylic acid groups (broad SMARTS) is 1. The van der Waals surface area contributed by atoms with Gasteiger partial charge in [-0.3, -0.25) is 9.59 Å². The van der Waals surface area contributed by atoms with Gasteiger partial charge in [-0.1, -0.05) is 0 Å². The fourth-order valence-corrected chi connectivity index (χ4v) is 4.33. The Bertz CT molecular complexity index is 414. The van der Waals surface area contributed by atoms with Crippen LogP contribution in [0.3, 0.4) is 0 Å². The van der Waals surface area contributed by atoms with Gasteiger partial charge in [-0.2, -0.15) is 0 Å². The van der Waals surface area contributed by atoms with Gasteiger partial charge in [-0.25, -0.2) is 0 Å². The molecule has 3 saturated heterocycles. The Balaban J connectivity index is 1.83. The number of piperidine rings is 1. The average Bonchev–Trinajstić information content (AvgIpc) is 2.98. The smallest absolute Gasteiger partial charge is 0.310 e. The van der Waals surface area contributed by atoms with Crippen LogP contribution in [0.1, 0.15) is 46.0 Å². The Morgan fingerprint density at radius 1 is 1.00 bits per heavy atom. The van der Waals surface area contributed by atoms with Crippen LogP contribution in [0.15, 0.2) is 0 Å². The predicted molar refractivity (Wildman–Crippen MR) is 72.1 cm³/mol. The van der Waals surface area contributed by atoms with Crippen molar-refractivity contribution in [3.05, 3.63) is 0 Å². The largest absolute Gasteiger partial charge is 0.481 e. The molecule has 0 saturated carbocycles. The third-order valence-corrected chi connectivity index (χ3v) is 5.29. The lowest BCUT2D eigenvalue weighted by atomic mass is 9.77. The first kappa shape index (κ1) is 13.9. The van der Waals surface area contributed by atoms with E-state index in [0.717, 1.165) is 32.1 Å². The van der Waals surface area contributed by atoms with Crippen molar-refractivity contribution in [3.63, 3.8) is 0 Å². The first-order chi connectivity index (χ1) is 9.50. The molecule has 5 nitrogen and oxygen atoms in total. The van der Waals surface area contributed by atoms with Crippen molar-refractivity contribution in [2.75, 3.05) is 0 Å². The average molecular weight is 281 g/mol. The highest BCUT2D eigenvalue weighted by atomic mass is 16.5. The summed E-state index contributed by atoms with van der Waals surface area (Å²) >= 11 is 0. The van der Waals surface area contributed by atoms with Crippen LogP contribution in [0.2, 0.25) is 0 Å². The Kier molecular flexibility index (Phi) is 3.48. The molecular formula is C15H23NO4. The third-order valence-electron chi connectivity index (χ3n) is 5.29. The van der Waals surface area contributed by atoms with Gasteiger partial charge in [0.15, 0.2) is 0 Å². The second kappa shape index (κ2) is 5.02. The lowest BCUT2D eigenvalue weighted by Crippen LogP contribution is -2.53. The van der Waals surface area contributed by atoms with Crippen molar-refractivity contribution in [2.24, 2.45) is 11.8 Å². The summed E-state index contributed by atoms with van der Waals surface area (Å²) < 4.78 is 5.71. The highest BCUT2D eigenvalue weighted by Crippen LogP contribution is 2.45. The maximum absolute atomic E-state index is 12.9. The SMILES string of the molecule is C[C@H]1CCC[C@H](C)N1C(=O)[C@H]1[C@@H](C(=O)O)[C@H]2CC[C@@H]1O2. The molecule has 1 N–H and O–H groups in total. The Labute approximate surface area is 119 Å². The lowest BCUT2D eigenvalue weighted by molar-refractivity contribution is -0.153. The van der Waals surface area contributed by atoms with E-state index in [1.54, 1.807) is 0 Å². The van der Waals surface area contributed by atoms with Crippen molar-refractivity contribution in [2.45, 2.75) is 70.2 Å². The Morgan fingerprint density at radius 2 is 1.55 bits per heavy atom. The summed E-state index contributed by atoms with van der Waals surface area (Å²) in [6.07, 6.45) is 4.31. The quantitative estimate of drug-likeness (QED) is 0.836. The van der Waals surface area contributed by atoms with Gasteiger partial charge in [0, 0.05) is 12.1 Å². The molecule has 1 amide bonds. The minimum absolute atomic E-state index is 0.00398. The summed E-state index contributed by atoms with van der Waals surface area (Å²) in [6.45, 7) is 4.13. The van der Waals surface area contributed by atoms with Crippen molar-refractivity contribution < 1.29 is 19.4 Å². The van der Waals surface area contributed by atoms with Crippen molar-refractivity contribution in [1.29, 1.82) is 0 Å². The molecule has 0 unspecified atom stereocenters. The molecule has 3 aliphatic heterocycles. The number of carboxylic acids is 1. The van der Waals surface area contributed by atoms with Crippen molar-refractivity contribution in [3.8, 4) is 0 Å². The van der Waals surface area contributed by atoms with Gasteiger partial charge in [-0.05, 0) is 46.0 Å². The topological polar surface area (TPSA) is 66.8 Å². The summed E-state index contributed by atoms with van der Waals surface area (Å²) in [5, 5.41) is 9.43. The highest BCUT2D eigenvalue weighted by molar-refractivity contribution is 5.87. The first-order valence-electron chi connectivity index (χ1n) is 7.71. The number of hydrogen-bond donors (Lipinski definition) is 1. The minimum atomic E-state index is -0.882. The summed E-state index contributed by atoms with van der Waals surface area (Å²) in [5.74, 6) is -2.01. The summed E-state index contributed by atoms with van der Waals surface area (Å²) in [7, 11) is 0. The lowest BCUT2D eigenvalue weighted by Gasteiger charge is -2.42. The molecule has 0 aromatic carbocycles. The van der Waals surface area contributed by atoms with Crippen LogP contribution in [-0.2, 0) is 14.3 Å². The molecule has 20 heavy (non-hydrogen) atoms. The van der Waals surface area contributed by atoms with Crippen LogP contribution in [0.5, 0.6) is 0 Å². The fraction of sp³-hybridized carbons (Fsp3) is 0.867. The maximum Gasteiger partial charge on any atom is 0.310 e. The molecule has 3 heterocycles. The monoisotopic (exact) mass is 281 g/mol. The Morgan fingerprint density at radius 3 is 2.10 bits per heavy atom. The molecule has 2 bridgehead atoms. The molecule has 0 aliphatic carbocycles. The number of rotatable bonds is 2. The number of carbonyl (C=O) groups excluding carboxylic acids is 1. The molecule has 3 aliphatic rings. The van der Waals surface area contributed by atoms with Gasteiger partial charge >= 0.3 is 5.97 Å². The van der Waals surface area contributed by atoms with Gasteiger partial charge in [0.2, 0.25) is 5.91 Å². The van der Waals surface area contributed by atoms with E-state index in [1.807, 2.05) is 4.90 Å². The summed E-state index contributed by atoms with van der Waals surface area (Å²) in [5.41, 5.74) is 0. The number of carbonyl (C=O) groups is 2. The number of fused-ring (bicyclic) bond motifs is 2. The van der Waals surface area contributed by atoms with E-state index >= 15 is 0 Å². The standard InChI is InChI=1S/C15H23NO4/c1-8-4-3-5-9(2)16(8)14(17)12-10-6-7-11(20-10)13(12)15(18)19/h8-13H,3-7H2,1-2H3,(H,18,19)/t8-,9-,10-,11+,12+,13-/m0/s1. The molecule has 6 atom stereocenters. The van der Waals surface area contributed by atoms with E-state index < -0.39 is 17.8 Å². The van der Waals surface area contributed by atoms with Crippen LogP contribution in [-0.4, -0.2) is 46.2 Å². The van der Waals surface area contributed by atoms with Gasteiger partial charge < -0.3 is 14.7 Å². The van der Waals surface area contributed by atoms with Gasteiger partial charge in [0.05, 0.1) is 24.0 Å². The highest BCUT2D eigenvalue weighted by Gasteiger charge is 2.57. The molecule has 3 fully saturated rings. The van der Waals surface area contributed by atoms with Crippen LogP contribution in [0, 0.1) is 11.8 Å². The zero-order valence-corrected chi connectivity index (χ0v) is 12.1. The zero-order valence-electron chi connectivity index (χ0n) is 12.1. The molecule has 0 spiro atoms. The van der Waals surface area contributed by atoms with Crippen LogP contribution < -0.4 is 0 Å². The number of likely N-dealkylation sites (tertiary alicyclic amines) is 1. The molecule has 0 aromatic heterocycles. The fourth-order valence-electron chi connectivity index (χ4n) is 4.33. The molecule has 112 valence electrons.